The van der Waals surface area contributed by atoms with Gasteiger partial charge in [-0.1, -0.05) is 0 Å². The fraction of sp³-hybridized carbons (Fsp3) is 0.450. The zero-order valence-electron chi connectivity index (χ0n) is 16.5. The summed E-state index contributed by atoms with van der Waals surface area (Å²) in [4.78, 5) is 30.7. The van der Waals surface area contributed by atoms with Crippen molar-refractivity contribution in [2.75, 3.05) is 32.2 Å². The first kappa shape index (κ1) is 19.7. The van der Waals surface area contributed by atoms with Crippen LogP contribution in [0.25, 0.3) is 0 Å². The Bertz CT molecular complexity index is 848. The minimum absolute atomic E-state index is 0.0681. The van der Waals surface area contributed by atoms with E-state index >= 15 is 0 Å². The number of aromatic nitrogens is 2. The summed E-state index contributed by atoms with van der Waals surface area (Å²) in [5.41, 5.74) is 0.702. The number of carbonyl (C=O) groups excluding carboxylic acids is 2. The lowest BCUT2D eigenvalue weighted by atomic mass is 10.1. The van der Waals surface area contributed by atoms with Gasteiger partial charge in [0.1, 0.15) is 5.82 Å². The minimum atomic E-state index is -0.351. The molecule has 1 fully saturated rings. The Morgan fingerprint density at radius 1 is 1.29 bits per heavy atom. The Kier molecular flexibility index (Phi) is 6.18. The SMILES string of the molecule is COc1ccc(N2C[C@@H](C(=O)NCCCn3ccnc3C)CC2=O)cc1OC. The molecule has 150 valence electrons. The number of hydrogen-bond donors (Lipinski definition) is 1. The predicted molar refractivity (Wildman–Crippen MR) is 105 cm³/mol. The topological polar surface area (TPSA) is 85.7 Å². The van der Waals surface area contributed by atoms with Gasteiger partial charge in [0.25, 0.3) is 0 Å². The molecule has 8 heteroatoms. The molecule has 0 unspecified atom stereocenters. The van der Waals surface area contributed by atoms with Gasteiger partial charge in [0.15, 0.2) is 11.5 Å². The first-order valence-electron chi connectivity index (χ1n) is 9.31. The molecule has 1 aromatic carbocycles. The molecule has 2 heterocycles. The van der Waals surface area contributed by atoms with Crippen LogP contribution in [0.2, 0.25) is 0 Å². The second-order valence-corrected chi connectivity index (χ2v) is 6.76. The Morgan fingerprint density at radius 2 is 2.07 bits per heavy atom. The van der Waals surface area contributed by atoms with Crippen molar-refractivity contribution in [3.63, 3.8) is 0 Å². The van der Waals surface area contributed by atoms with Gasteiger partial charge in [0, 0.05) is 50.2 Å². The first-order chi connectivity index (χ1) is 13.5. The van der Waals surface area contributed by atoms with Gasteiger partial charge in [-0.15, -0.1) is 0 Å². The van der Waals surface area contributed by atoms with Crippen LogP contribution < -0.4 is 19.7 Å². The minimum Gasteiger partial charge on any atom is -0.493 e. The smallest absolute Gasteiger partial charge is 0.227 e. The second-order valence-electron chi connectivity index (χ2n) is 6.76. The number of anilines is 1. The Labute approximate surface area is 164 Å². The van der Waals surface area contributed by atoms with E-state index in [2.05, 4.69) is 10.3 Å². The maximum atomic E-state index is 12.5. The number of carbonyl (C=O) groups is 2. The molecular weight excluding hydrogens is 360 g/mol. The maximum absolute atomic E-state index is 12.5. The molecular formula is C20H26N4O4. The van der Waals surface area contributed by atoms with Crippen LogP contribution >= 0.6 is 0 Å². The summed E-state index contributed by atoms with van der Waals surface area (Å²) in [7, 11) is 3.11. The van der Waals surface area contributed by atoms with Gasteiger partial charge >= 0.3 is 0 Å². The molecule has 1 saturated heterocycles. The summed E-state index contributed by atoms with van der Waals surface area (Å²) in [6.45, 7) is 3.68. The van der Waals surface area contributed by atoms with Gasteiger partial charge in [-0.25, -0.2) is 4.98 Å². The number of rotatable bonds is 8. The van der Waals surface area contributed by atoms with E-state index < -0.39 is 0 Å². The summed E-state index contributed by atoms with van der Waals surface area (Å²) in [6.07, 6.45) is 4.71. The zero-order valence-corrected chi connectivity index (χ0v) is 16.5. The van der Waals surface area contributed by atoms with Crippen molar-refractivity contribution < 1.29 is 19.1 Å². The Morgan fingerprint density at radius 3 is 2.75 bits per heavy atom. The van der Waals surface area contributed by atoms with Gasteiger partial charge < -0.3 is 24.3 Å². The molecule has 2 aromatic rings. The van der Waals surface area contributed by atoms with E-state index in [0.29, 0.717) is 30.3 Å². The lowest BCUT2D eigenvalue weighted by molar-refractivity contribution is -0.126. The van der Waals surface area contributed by atoms with Crippen LogP contribution in [0, 0.1) is 12.8 Å². The van der Waals surface area contributed by atoms with Crippen molar-refractivity contribution in [3.05, 3.63) is 36.4 Å². The summed E-state index contributed by atoms with van der Waals surface area (Å²) in [5, 5.41) is 2.94. The number of methoxy groups -OCH3 is 2. The third kappa shape index (κ3) is 4.27. The molecule has 0 saturated carbocycles. The number of benzene rings is 1. The van der Waals surface area contributed by atoms with Crippen LogP contribution in [0.15, 0.2) is 30.6 Å². The predicted octanol–water partition coefficient (Wildman–Crippen LogP) is 1.77. The Balaban J connectivity index is 1.53. The van der Waals surface area contributed by atoms with E-state index in [1.165, 1.54) is 0 Å². The van der Waals surface area contributed by atoms with Crippen molar-refractivity contribution in [2.45, 2.75) is 26.3 Å². The summed E-state index contributed by atoms with van der Waals surface area (Å²) < 4.78 is 12.6. The fourth-order valence-electron chi connectivity index (χ4n) is 3.37. The van der Waals surface area contributed by atoms with Crippen molar-refractivity contribution in [2.24, 2.45) is 5.92 Å². The number of ether oxygens (including phenoxy) is 2. The van der Waals surface area contributed by atoms with Crippen LogP contribution in [0.1, 0.15) is 18.7 Å². The highest BCUT2D eigenvalue weighted by atomic mass is 16.5. The van der Waals surface area contributed by atoms with E-state index in [4.69, 9.17) is 9.47 Å². The summed E-state index contributed by atoms with van der Waals surface area (Å²) >= 11 is 0. The lowest BCUT2D eigenvalue weighted by Crippen LogP contribution is -2.33. The number of imidazole rings is 1. The molecule has 2 amide bonds. The monoisotopic (exact) mass is 386 g/mol. The third-order valence-corrected chi connectivity index (χ3v) is 4.97. The van der Waals surface area contributed by atoms with E-state index in [1.807, 2.05) is 17.7 Å². The molecule has 0 spiro atoms. The van der Waals surface area contributed by atoms with E-state index in [-0.39, 0.29) is 24.2 Å². The quantitative estimate of drug-likeness (QED) is 0.699. The Hall–Kier alpha value is -3.03. The van der Waals surface area contributed by atoms with Gasteiger partial charge in [-0.2, -0.15) is 0 Å². The lowest BCUT2D eigenvalue weighted by Gasteiger charge is -2.18. The average Bonchev–Trinajstić information content (AvgIpc) is 3.30. The van der Waals surface area contributed by atoms with Gasteiger partial charge in [0.05, 0.1) is 20.1 Å². The summed E-state index contributed by atoms with van der Waals surface area (Å²) in [6, 6.07) is 5.31. The molecule has 0 aliphatic carbocycles. The van der Waals surface area contributed by atoms with Crippen LogP contribution in [0.5, 0.6) is 11.5 Å². The number of hydrogen-bond acceptors (Lipinski definition) is 5. The highest BCUT2D eigenvalue weighted by Crippen LogP contribution is 2.34. The van der Waals surface area contributed by atoms with Crippen molar-refractivity contribution in [3.8, 4) is 11.5 Å². The maximum Gasteiger partial charge on any atom is 0.227 e. The molecule has 3 rings (SSSR count). The standard InChI is InChI=1S/C20H26N4O4/c1-14-21-8-10-23(14)9-4-7-22-20(26)15-11-19(25)24(13-15)16-5-6-17(27-2)18(12-16)28-3/h5-6,8,10,12,15H,4,7,9,11,13H2,1-3H3,(H,22,26)/t15-/m0/s1. The highest BCUT2D eigenvalue weighted by molar-refractivity contribution is 6.00. The molecule has 8 nitrogen and oxygen atoms in total. The van der Waals surface area contributed by atoms with Crippen molar-refractivity contribution in [1.82, 2.24) is 14.9 Å². The van der Waals surface area contributed by atoms with E-state index in [1.54, 1.807) is 43.5 Å². The van der Waals surface area contributed by atoms with Crippen LogP contribution in [-0.2, 0) is 16.1 Å². The molecule has 1 atom stereocenters. The number of nitrogens with one attached hydrogen (secondary N) is 1. The first-order valence-corrected chi connectivity index (χ1v) is 9.31. The van der Waals surface area contributed by atoms with Crippen LogP contribution in [0.4, 0.5) is 5.69 Å². The number of aryl methyl sites for hydroxylation is 2. The number of nitrogens with zero attached hydrogens (tertiary/aromatic N) is 3. The highest BCUT2D eigenvalue weighted by Gasteiger charge is 2.35. The number of amides is 2. The molecule has 1 aromatic heterocycles. The summed E-state index contributed by atoms with van der Waals surface area (Å²) in [5.74, 6) is 1.60. The molecule has 0 radical (unpaired) electrons. The van der Waals surface area contributed by atoms with Gasteiger partial charge in [0.2, 0.25) is 11.8 Å². The molecule has 1 aliphatic heterocycles. The zero-order chi connectivity index (χ0) is 20.1. The molecule has 0 bridgehead atoms. The molecule has 1 N–H and O–H groups in total. The van der Waals surface area contributed by atoms with Gasteiger partial charge in [-0.3, -0.25) is 9.59 Å². The molecule has 28 heavy (non-hydrogen) atoms. The van der Waals surface area contributed by atoms with Crippen LogP contribution in [0.3, 0.4) is 0 Å². The van der Waals surface area contributed by atoms with Gasteiger partial charge in [-0.05, 0) is 25.5 Å². The largest absolute Gasteiger partial charge is 0.493 e. The van der Waals surface area contributed by atoms with E-state index in [9.17, 15) is 9.59 Å². The normalized spacial score (nSPS) is 16.3. The van der Waals surface area contributed by atoms with E-state index in [0.717, 1.165) is 18.8 Å². The van der Waals surface area contributed by atoms with Crippen LogP contribution in [-0.4, -0.2) is 48.7 Å². The van der Waals surface area contributed by atoms with Crippen molar-refractivity contribution >= 4 is 17.5 Å². The third-order valence-electron chi connectivity index (χ3n) is 4.97. The molecule has 1 aliphatic rings. The average molecular weight is 386 g/mol. The van der Waals surface area contributed by atoms with Crippen molar-refractivity contribution in [1.29, 1.82) is 0 Å². The second kappa shape index (κ2) is 8.77. The fourth-order valence-corrected chi connectivity index (χ4v) is 3.37.